The third-order valence-electron chi connectivity index (χ3n) is 4.40. The zero-order chi connectivity index (χ0) is 21.5. The van der Waals surface area contributed by atoms with E-state index >= 15 is 0 Å². The van der Waals surface area contributed by atoms with Crippen LogP contribution in [-0.2, 0) is 21.1 Å². The highest BCUT2D eigenvalue weighted by Gasteiger charge is 2.28. The summed E-state index contributed by atoms with van der Waals surface area (Å²) in [6, 6.07) is 10.7. The quantitative estimate of drug-likeness (QED) is 0.627. The number of aryl methyl sites for hydroxylation is 1. The zero-order valence-corrected chi connectivity index (χ0v) is 18.7. The molecule has 2 aromatic rings. The van der Waals surface area contributed by atoms with Gasteiger partial charge in [-0.25, -0.2) is 8.42 Å². The number of thiophene rings is 1. The van der Waals surface area contributed by atoms with Gasteiger partial charge in [0.25, 0.3) is 5.91 Å². The van der Waals surface area contributed by atoms with Gasteiger partial charge in [-0.2, -0.15) is 0 Å². The van der Waals surface area contributed by atoms with Crippen LogP contribution in [-0.4, -0.2) is 37.3 Å². The molecule has 0 aliphatic carbocycles. The van der Waals surface area contributed by atoms with E-state index in [2.05, 4.69) is 16.7 Å². The van der Waals surface area contributed by atoms with Crippen LogP contribution in [0.4, 0.5) is 5.69 Å². The van der Waals surface area contributed by atoms with Crippen molar-refractivity contribution in [1.29, 1.82) is 0 Å². The van der Waals surface area contributed by atoms with E-state index in [1.54, 1.807) is 56.4 Å². The third-order valence-corrected chi connectivity index (χ3v) is 7.95. The van der Waals surface area contributed by atoms with Crippen molar-refractivity contribution < 1.29 is 18.0 Å². The van der Waals surface area contributed by atoms with Crippen LogP contribution in [0.25, 0.3) is 0 Å². The van der Waals surface area contributed by atoms with Crippen molar-refractivity contribution >= 4 is 38.7 Å². The van der Waals surface area contributed by atoms with Crippen LogP contribution in [0.15, 0.2) is 41.8 Å². The van der Waals surface area contributed by atoms with Crippen molar-refractivity contribution in [3.05, 3.63) is 52.2 Å². The van der Waals surface area contributed by atoms with E-state index in [0.29, 0.717) is 17.7 Å². The molecule has 0 fully saturated rings. The Hall–Kier alpha value is -2.19. The SMILES string of the molecule is CC(C)(C)S(=O)(=O)CCNC(=O)c1cccc(NC(=O)CCCc2cccs2)c1. The van der Waals surface area contributed by atoms with Crippen LogP contribution in [0.1, 0.15) is 48.8 Å². The molecule has 0 unspecified atom stereocenters. The average Bonchev–Trinajstić information content (AvgIpc) is 3.14. The van der Waals surface area contributed by atoms with Gasteiger partial charge in [0.1, 0.15) is 0 Å². The monoisotopic (exact) mass is 436 g/mol. The molecule has 2 amide bonds. The lowest BCUT2D eigenvalue weighted by Gasteiger charge is -2.19. The highest BCUT2D eigenvalue weighted by molar-refractivity contribution is 7.92. The Kier molecular flexibility index (Phi) is 7.98. The average molecular weight is 437 g/mol. The van der Waals surface area contributed by atoms with Gasteiger partial charge < -0.3 is 10.6 Å². The Labute approximate surface area is 176 Å². The predicted octanol–water partition coefficient (Wildman–Crippen LogP) is 3.65. The van der Waals surface area contributed by atoms with Crippen LogP contribution in [0, 0.1) is 0 Å². The Morgan fingerprint density at radius 1 is 1.10 bits per heavy atom. The molecule has 158 valence electrons. The number of amides is 2. The molecule has 0 aliphatic rings. The Bertz CT molecular complexity index is 930. The Balaban J connectivity index is 1.83. The smallest absolute Gasteiger partial charge is 0.251 e. The van der Waals surface area contributed by atoms with Crippen molar-refractivity contribution in [2.24, 2.45) is 0 Å². The number of hydrogen-bond acceptors (Lipinski definition) is 5. The second-order valence-electron chi connectivity index (χ2n) is 7.75. The van der Waals surface area contributed by atoms with Crippen LogP contribution < -0.4 is 10.6 Å². The highest BCUT2D eigenvalue weighted by Crippen LogP contribution is 2.16. The molecule has 0 saturated heterocycles. The summed E-state index contributed by atoms with van der Waals surface area (Å²) in [6.45, 7) is 4.95. The van der Waals surface area contributed by atoms with Gasteiger partial charge in [0, 0.05) is 29.1 Å². The van der Waals surface area contributed by atoms with Gasteiger partial charge in [0.15, 0.2) is 9.84 Å². The van der Waals surface area contributed by atoms with Crippen molar-refractivity contribution in [1.82, 2.24) is 5.32 Å². The lowest BCUT2D eigenvalue weighted by molar-refractivity contribution is -0.116. The van der Waals surface area contributed by atoms with Crippen molar-refractivity contribution in [3.63, 3.8) is 0 Å². The minimum atomic E-state index is -3.30. The molecule has 2 N–H and O–H groups in total. The van der Waals surface area contributed by atoms with Gasteiger partial charge in [-0.3, -0.25) is 9.59 Å². The molecule has 0 atom stereocenters. The number of anilines is 1. The van der Waals surface area contributed by atoms with Crippen LogP contribution in [0.5, 0.6) is 0 Å². The molecule has 0 bridgehead atoms. The number of carbonyl (C=O) groups is 2. The second kappa shape index (κ2) is 10.0. The molecule has 0 spiro atoms. The lowest BCUT2D eigenvalue weighted by atomic mass is 10.1. The lowest BCUT2D eigenvalue weighted by Crippen LogP contribution is -2.36. The molecule has 6 nitrogen and oxygen atoms in total. The molecule has 0 saturated carbocycles. The summed E-state index contributed by atoms with van der Waals surface area (Å²) in [7, 11) is -3.30. The number of nitrogens with one attached hydrogen (secondary N) is 2. The van der Waals surface area contributed by atoms with Gasteiger partial charge in [0.2, 0.25) is 5.91 Å². The molecule has 1 heterocycles. The summed E-state index contributed by atoms with van der Waals surface area (Å²) in [5.74, 6) is -0.596. The van der Waals surface area contributed by atoms with Gasteiger partial charge in [0.05, 0.1) is 10.5 Å². The number of sulfone groups is 1. The first kappa shape index (κ1) is 23.1. The fourth-order valence-corrected chi connectivity index (χ4v) is 4.28. The molecule has 1 aromatic carbocycles. The van der Waals surface area contributed by atoms with Crippen molar-refractivity contribution in [2.45, 2.75) is 44.8 Å². The van der Waals surface area contributed by atoms with Gasteiger partial charge in [-0.15, -0.1) is 11.3 Å². The summed E-state index contributed by atoms with van der Waals surface area (Å²) in [6.07, 6.45) is 2.03. The Morgan fingerprint density at radius 2 is 1.86 bits per heavy atom. The van der Waals surface area contributed by atoms with Gasteiger partial charge in [-0.1, -0.05) is 12.1 Å². The van der Waals surface area contributed by atoms with Crippen LogP contribution in [0.2, 0.25) is 0 Å². The highest BCUT2D eigenvalue weighted by atomic mass is 32.2. The summed E-state index contributed by atoms with van der Waals surface area (Å²) in [5.41, 5.74) is 0.913. The van der Waals surface area contributed by atoms with Crippen LogP contribution >= 0.6 is 11.3 Å². The van der Waals surface area contributed by atoms with E-state index in [0.717, 1.165) is 12.8 Å². The normalized spacial score (nSPS) is 11.8. The summed E-state index contributed by atoms with van der Waals surface area (Å²) >= 11 is 1.68. The minimum absolute atomic E-state index is 0.0394. The number of benzene rings is 1. The Morgan fingerprint density at radius 3 is 2.52 bits per heavy atom. The molecule has 2 rings (SSSR count). The molecular weight excluding hydrogens is 408 g/mol. The zero-order valence-electron chi connectivity index (χ0n) is 17.0. The maximum Gasteiger partial charge on any atom is 0.251 e. The maximum absolute atomic E-state index is 12.3. The fourth-order valence-electron chi connectivity index (χ4n) is 2.55. The molecular formula is C21H28N2O4S2. The van der Waals surface area contributed by atoms with Crippen molar-refractivity contribution in [2.75, 3.05) is 17.6 Å². The largest absolute Gasteiger partial charge is 0.351 e. The number of rotatable bonds is 9. The standard InChI is InChI=1S/C21H28N2O4S2/c1-21(2,3)29(26,27)14-12-22-20(25)16-7-4-8-17(15-16)23-19(24)11-5-9-18-10-6-13-28-18/h4,6-8,10,13,15H,5,9,11-12,14H2,1-3H3,(H,22,25)(H,23,24). The first-order chi connectivity index (χ1) is 13.6. The summed E-state index contributed by atoms with van der Waals surface area (Å²) in [4.78, 5) is 25.7. The first-order valence-corrected chi connectivity index (χ1v) is 12.0. The van der Waals surface area contributed by atoms with E-state index in [1.807, 2.05) is 11.4 Å². The summed E-state index contributed by atoms with van der Waals surface area (Å²) in [5, 5.41) is 7.45. The van der Waals surface area contributed by atoms with E-state index in [1.165, 1.54) is 4.88 Å². The maximum atomic E-state index is 12.3. The summed E-state index contributed by atoms with van der Waals surface area (Å²) < 4.78 is 23.4. The van der Waals surface area contributed by atoms with Crippen LogP contribution in [0.3, 0.4) is 0 Å². The van der Waals surface area contributed by atoms with E-state index in [4.69, 9.17) is 0 Å². The van der Waals surface area contributed by atoms with Gasteiger partial charge in [-0.05, 0) is 63.3 Å². The number of carbonyl (C=O) groups excluding carboxylic acids is 2. The van der Waals surface area contributed by atoms with E-state index < -0.39 is 14.6 Å². The van der Waals surface area contributed by atoms with E-state index in [-0.39, 0.29) is 24.1 Å². The molecule has 1 aromatic heterocycles. The van der Waals surface area contributed by atoms with E-state index in [9.17, 15) is 18.0 Å². The predicted molar refractivity (Wildman–Crippen MR) is 118 cm³/mol. The molecule has 0 radical (unpaired) electrons. The van der Waals surface area contributed by atoms with Gasteiger partial charge >= 0.3 is 0 Å². The minimum Gasteiger partial charge on any atom is -0.351 e. The topological polar surface area (TPSA) is 92.3 Å². The molecule has 29 heavy (non-hydrogen) atoms. The second-order valence-corrected chi connectivity index (χ2v) is 11.6. The molecule has 0 aliphatic heterocycles. The van der Waals surface area contributed by atoms with Crippen molar-refractivity contribution in [3.8, 4) is 0 Å². The third kappa shape index (κ3) is 7.29. The first-order valence-electron chi connectivity index (χ1n) is 9.51. The fraction of sp³-hybridized carbons (Fsp3) is 0.429. The molecule has 8 heteroatoms. The number of hydrogen-bond donors (Lipinski definition) is 2.